The van der Waals surface area contributed by atoms with Crippen LogP contribution in [0.3, 0.4) is 0 Å². The van der Waals surface area contributed by atoms with Crippen LogP contribution in [0.2, 0.25) is 0 Å². The molecule has 0 aliphatic heterocycles. The molecule has 0 bridgehead atoms. The summed E-state index contributed by atoms with van der Waals surface area (Å²) < 4.78 is 10.9. The van der Waals surface area contributed by atoms with Gasteiger partial charge in [0.25, 0.3) is 5.91 Å². The van der Waals surface area contributed by atoms with Crippen molar-refractivity contribution in [2.45, 2.75) is 13.5 Å². The van der Waals surface area contributed by atoms with E-state index in [0.29, 0.717) is 5.75 Å². The zero-order valence-corrected chi connectivity index (χ0v) is 13.7. The second-order valence-corrected chi connectivity index (χ2v) is 4.83. The summed E-state index contributed by atoms with van der Waals surface area (Å²) in [7, 11) is 1.55. The molecule has 10 heteroatoms. The first-order valence-corrected chi connectivity index (χ1v) is 7.30. The molecule has 132 valence electrons. The normalized spacial score (nSPS) is 10.2. The standard InChI is InChI=1S/C15H17N5O5/c1-3-25-15(23)14(22)17-13-11(12(16)21)18-19-20(13)8-9-4-6-10(24-2)7-5-9/h4-7H,3,8H2,1-2H3,(H2,16,21)(H,17,22). The minimum atomic E-state index is -1.09. The van der Waals surface area contributed by atoms with Crippen LogP contribution in [-0.4, -0.2) is 46.5 Å². The average molecular weight is 347 g/mol. The van der Waals surface area contributed by atoms with Crippen LogP contribution in [0.25, 0.3) is 0 Å². The minimum Gasteiger partial charge on any atom is -0.497 e. The number of aromatic nitrogens is 3. The molecule has 1 aromatic carbocycles. The number of nitrogens with one attached hydrogen (secondary N) is 1. The number of primary amides is 1. The van der Waals surface area contributed by atoms with Crippen molar-refractivity contribution >= 4 is 23.6 Å². The molecule has 0 unspecified atom stereocenters. The van der Waals surface area contributed by atoms with Crippen LogP contribution >= 0.6 is 0 Å². The van der Waals surface area contributed by atoms with Gasteiger partial charge in [-0.3, -0.25) is 14.9 Å². The van der Waals surface area contributed by atoms with E-state index in [2.05, 4.69) is 20.4 Å². The Kier molecular flexibility index (Phi) is 5.66. The maximum Gasteiger partial charge on any atom is 0.397 e. The summed E-state index contributed by atoms with van der Waals surface area (Å²) >= 11 is 0. The van der Waals surface area contributed by atoms with Gasteiger partial charge in [0.2, 0.25) is 0 Å². The van der Waals surface area contributed by atoms with Crippen molar-refractivity contribution in [2.75, 3.05) is 19.0 Å². The van der Waals surface area contributed by atoms with E-state index in [9.17, 15) is 14.4 Å². The molecule has 2 rings (SSSR count). The van der Waals surface area contributed by atoms with Gasteiger partial charge in [-0.05, 0) is 24.6 Å². The van der Waals surface area contributed by atoms with Gasteiger partial charge in [0, 0.05) is 0 Å². The van der Waals surface area contributed by atoms with E-state index >= 15 is 0 Å². The van der Waals surface area contributed by atoms with Crippen LogP contribution in [0.4, 0.5) is 5.82 Å². The third-order valence-corrected chi connectivity index (χ3v) is 3.15. The van der Waals surface area contributed by atoms with Crippen molar-refractivity contribution in [3.05, 3.63) is 35.5 Å². The number of carbonyl (C=O) groups is 3. The molecule has 0 atom stereocenters. The van der Waals surface area contributed by atoms with Gasteiger partial charge >= 0.3 is 11.9 Å². The SMILES string of the molecule is CCOC(=O)C(=O)Nc1c(C(N)=O)nnn1Cc1ccc(OC)cc1. The topological polar surface area (TPSA) is 138 Å². The monoisotopic (exact) mass is 347 g/mol. The second kappa shape index (κ2) is 7.90. The van der Waals surface area contributed by atoms with Gasteiger partial charge in [-0.15, -0.1) is 5.10 Å². The number of amides is 2. The Bertz CT molecular complexity index is 784. The van der Waals surface area contributed by atoms with Crippen molar-refractivity contribution in [3.63, 3.8) is 0 Å². The van der Waals surface area contributed by atoms with Crippen molar-refractivity contribution in [1.82, 2.24) is 15.0 Å². The molecule has 1 heterocycles. The molecule has 10 nitrogen and oxygen atoms in total. The molecular weight excluding hydrogens is 330 g/mol. The van der Waals surface area contributed by atoms with Gasteiger partial charge in [-0.2, -0.15) is 0 Å². The highest BCUT2D eigenvalue weighted by molar-refractivity contribution is 6.37. The van der Waals surface area contributed by atoms with Gasteiger partial charge < -0.3 is 15.2 Å². The number of nitrogens with zero attached hydrogens (tertiary/aromatic N) is 3. The van der Waals surface area contributed by atoms with E-state index in [4.69, 9.17) is 10.5 Å². The number of carbonyl (C=O) groups excluding carboxylic acids is 3. The van der Waals surface area contributed by atoms with Gasteiger partial charge in [0.1, 0.15) is 5.75 Å². The van der Waals surface area contributed by atoms with Gasteiger partial charge in [-0.25, -0.2) is 9.48 Å². The number of hydrogen-bond acceptors (Lipinski definition) is 7. The Morgan fingerprint density at radius 2 is 1.92 bits per heavy atom. The highest BCUT2D eigenvalue weighted by Gasteiger charge is 2.23. The number of ether oxygens (including phenoxy) is 2. The summed E-state index contributed by atoms with van der Waals surface area (Å²) in [6, 6.07) is 7.05. The summed E-state index contributed by atoms with van der Waals surface area (Å²) in [4.78, 5) is 34.8. The molecule has 1 aromatic heterocycles. The van der Waals surface area contributed by atoms with Crippen molar-refractivity contribution in [3.8, 4) is 5.75 Å². The van der Waals surface area contributed by atoms with Crippen molar-refractivity contribution in [2.24, 2.45) is 5.73 Å². The first-order valence-electron chi connectivity index (χ1n) is 7.30. The number of benzene rings is 1. The maximum atomic E-state index is 11.8. The average Bonchev–Trinajstić information content (AvgIpc) is 2.98. The Labute approximate surface area is 142 Å². The fraction of sp³-hybridized carbons (Fsp3) is 0.267. The fourth-order valence-corrected chi connectivity index (χ4v) is 1.97. The van der Waals surface area contributed by atoms with Gasteiger partial charge in [0.05, 0.1) is 20.3 Å². The van der Waals surface area contributed by atoms with Crippen LogP contribution in [0.1, 0.15) is 23.0 Å². The summed E-state index contributed by atoms with van der Waals surface area (Å²) in [6.07, 6.45) is 0. The van der Waals surface area contributed by atoms with Crippen molar-refractivity contribution in [1.29, 1.82) is 0 Å². The Balaban J connectivity index is 2.27. The number of rotatable bonds is 6. The Morgan fingerprint density at radius 3 is 2.48 bits per heavy atom. The lowest BCUT2D eigenvalue weighted by Crippen LogP contribution is -2.28. The lowest BCUT2D eigenvalue weighted by molar-refractivity contribution is -0.152. The lowest BCUT2D eigenvalue weighted by Gasteiger charge is -2.09. The van der Waals surface area contributed by atoms with Gasteiger partial charge in [0.15, 0.2) is 11.5 Å². The summed E-state index contributed by atoms with van der Waals surface area (Å²) in [5.41, 5.74) is 5.77. The van der Waals surface area contributed by atoms with Crippen LogP contribution in [0.15, 0.2) is 24.3 Å². The molecule has 3 N–H and O–H groups in total. The van der Waals surface area contributed by atoms with Crippen LogP contribution in [-0.2, 0) is 20.9 Å². The molecular formula is C15H17N5O5. The van der Waals surface area contributed by atoms with Crippen LogP contribution in [0, 0.1) is 0 Å². The molecule has 0 spiro atoms. The summed E-state index contributed by atoms with van der Waals surface area (Å²) in [5.74, 6) is -2.43. The zero-order chi connectivity index (χ0) is 18.4. The number of esters is 1. The highest BCUT2D eigenvalue weighted by Crippen LogP contribution is 2.17. The van der Waals surface area contributed by atoms with E-state index in [1.165, 1.54) is 4.68 Å². The molecule has 0 aliphatic carbocycles. The zero-order valence-electron chi connectivity index (χ0n) is 13.7. The van der Waals surface area contributed by atoms with Gasteiger partial charge in [-0.1, -0.05) is 17.3 Å². The fourth-order valence-electron chi connectivity index (χ4n) is 1.97. The maximum absolute atomic E-state index is 11.8. The molecule has 0 saturated carbocycles. The van der Waals surface area contributed by atoms with E-state index in [1.807, 2.05) is 0 Å². The summed E-state index contributed by atoms with van der Waals surface area (Å²) in [5, 5.41) is 9.72. The van der Waals surface area contributed by atoms with Crippen LogP contribution < -0.4 is 15.8 Å². The number of hydrogen-bond donors (Lipinski definition) is 2. The third kappa shape index (κ3) is 4.31. The third-order valence-electron chi connectivity index (χ3n) is 3.15. The highest BCUT2D eigenvalue weighted by atomic mass is 16.5. The minimum absolute atomic E-state index is 0.0400. The smallest absolute Gasteiger partial charge is 0.397 e. The molecule has 2 aromatic rings. The Morgan fingerprint density at radius 1 is 1.24 bits per heavy atom. The largest absolute Gasteiger partial charge is 0.497 e. The number of methoxy groups -OCH3 is 1. The first-order chi connectivity index (χ1) is 12.0. The predicted molar refractivity (Wildman–Crippen MR) is 85.9 cm³/mol. The van der Waals surface area contributed by atoms with Crippen LogP contribution in [0.5, 0.6) is 5.75 Å². The molecule has 25 heavy (non-hydrogen) atoms. The lowest BCUT2D eigenvalue weighted by atomic mass is 10.2. The van der Waals surface area contributed by atoms with E-state index in [-0.39, 0.29) is 24.7 Å². The molecule has 0 radical (unpaired) electrons. The Hall–Kier alpha value is -3.43. The molecule has 0 fully saturated rings. The van der Waals surface area contributed by atoms with Crippen molar-refractivity contribution < 1.29 is 23.9 Å². The number of nitrogens with two attached hydrogens (primary N) is 1. The molecule has 0 aliphatic rings. The predicted octanol–water partition coefficient (Wildman–Crippen LogP) is -0.0645. The van der Waals surface area contributed by atoms with E-state index in [1.54, 1.807) is 38.3 Å². The molecule has 2 amide bonds. The summed E-state index contributed by atoms with van der Waals surface area (Å²) in [6.45, 7) is 1.79. The molecule has 0 saturated heterocycles. The van der Waals surface area contributed by atoms with E-state index in [0.717, 1.165) is 5.56 Å². The quantitative estimate of drug-likeness (QED) is 0.551. The van der Waals surface area contributed by atoms with E-state index < -0.39 is 17.8 Å². The second-order valence-electron chi connectivity index (χ2n) is 4.83. The number of anilines is 1. The first kappa shape index (κ1) is 17.9.